The number of carbonyl (C=O) groups is 2. The van der Waals surface area contributed by atoms with Crippen LogP contribution < -0.4 is 10.1 Å². The van der Waals surface area contributed by atoms with Crippen LogP contribution in [0, 0.1) is 26.6 Å². The Morgan fingerprint density at radius 1 is 0.973 bits per heavy atom. The lowest BCUT2D eigenvalue weighted by molar-refractivity contribution is -0.143. The number of hydrogen-bond donors (Lipinski definition) is 1. The lowest BCUT2D eigenvalue weighted by Crippen LogP contribution is -2.53. The molecule has 0 saturated carbocycles. The SMILES string of the molecule is CC[C@@H](C)NC(=O)[C@H](Cc1ccccc1)N(Cc1ccc(F)cc1)C(=O)COc1cc(C)cc(C)c1C. The van der Waals surface area contributed by atoms with Crippen molar-refractivity contribution in [2.45, 2.75) is 66.1 Å². The van der Waals surface area contributed by atoms with Crippen LogP contribution in [0.15, 0.2) is 66.7 Å². The molecule has 3 aromatic carbocycles. The van der Waals surface area contributed by atoms with Crippen LogP contribution in [-0.2, 0) is 22.6 Å². The average Bonchev–Trinajstić information content (AvgIpc) is 2.88. The van der Waals surface area contributed by atoms with Gasteiger partial charge in [0.25, 0.3) is 5.91 Å². The van der Waals surface area contributed by atoms with Crippen molar-refractivity contribution in [2.24, 2.45) is 0 Å². The predicted octanol–water partition coefficient (Wildman–Crippen LogP) is 5.68. The number of carbonyl (C=O) groups excluding carboxylic acids is 2. The first-order chi connectivity index (χ1) is 17.7. The number of hydrogen-bond acceptors (Lipinski definition) is 3. The maximum atomic E-state index is 13.7. The molecule has 5 nitrogen and oxygen atoms in total. The van der Waals surface area contributed by atoms with Gasteiger partial charge in [0.05, 0.1) is 0 Å². The van der Waals surface area contributed by atoms with Crippen molar-refractivity contribution in [1.82, 2.24) is 10.2 Å². The summed E-state index contributed by atoms with van der Waals surface area (Å²) in [7, 11) is 0. The standard InChI is InChI=1S/C31H37FN2O3/c1-6-23(4)33-31(36)28(18-25-10-8-7-9-11-25)34(19-26-12-14-27(32)15-13-26)30(35)20-37-29-17-21(2)16-22(3)24(29)5/h7-17,23,28H,6,18-20H2,1-5H3,(H,33,36)/t23-,28+/m1/s1. The van der Waals surface area contributed by atoms with Crippen molar-refractivity contribution >= 4 is 11.8 Å². The lowest BCUT2D eigenvalue weighted by Gasteiger charge is -2.32. The van der Waals surface area contributed by atoms with Crippen LogP contribution in [0.2, 0.25) is 0 Å². The average molecular weight is 505 g/mol. The van der Waals surface area contributed by atoms with Crippen LogP contribution in [0.25, 0.3) is 0 Å². The van der Waals surface area contributed by atoms with Crippen molar-refractivity contribution in [3.63, 3.8) is 0 Å². The zero-order valence-electron chi connectivity index (χ0n) is 22.4. The van der Waals surface area contributed by atoms with E-state index in [2.05, 4.69) is 11.4 Å². The molecule has 1 N–H and O–H groups in total. The van der Waals surface area contributed by atoms with Gasteiger partial charge in [-0.25, -0.2) is 4.39 Å². The summed E-state index contributed by atoms with van der Waals surface area (Å²) in [4.78, 5) is 28.8. The van der Waals surface area contributed by atoms with Crippen molar-refractivity contribution in [3.05, 3.63) is 100 Å². The number of nitrogens with zero attached hydrogens (tertiary/aromatic N) is 1. The number of ether oxygens (including phenoxy) is 1. The zero-order valence-corrected chi connectivity index (χ0v) is 22.4. The first-order valence-corrected chi connectivity index (χ1v) is 12.8. The Kier molecular flexibility index (Phi) is 9.84. The monoisotopic (exact) mass is 504 g/mol. The van der Waals surface area contributed by atoms with Crippen LogP contribution in [0.4, 0.5) is 4.39 Å². The molecule has 6 heteroatoms. The fourth-order valence-electron chi connectivity index (χ4n) is 4.15. The summed E-state index contributed by atoms with van der Waals surface area (Å²) in [5.41, 5.74) is 4.77. The zero-order chi connectivity index (χ0) is 26.9. The van der Waals surface area contributed by atoms with E-state index in [1.807, 2.05) is 71.0 Å². The highest BCUT2D eigenvalue weighted by Gasteiger charge is 2.31. The van der Waals surface area contributed by atoms with Crippen molar-refractivity contribution in [3.8, 4) is 5.75 Å². The molecule has 3 aromatic rings. The van der Waals surface area contributed by atoms with Crippen LogP contribution in [-0.4, -0.2) is 35.4 Å². The maximum absolute atomic E-state index is 13.7. The molecule has 2 atom stereocenters. The molecule has 0 aliphatic rings. The largest absolute Gasteiger partial charge is 0.483 e. The summed E-state index contributed by atoms with van der Waals surface area (Å²) in [6, 6.07) is 18.8. The van der Waals surface area contributed by atoms with Gasteiger partial charge in [-0.05, 0) is 80.1 Å². The molecule has 2 amide bonds. The highest BCUT2D eigenvalue weighted by molar-refractivity contribution is 5.88. The number of rotatable bonds is 11. The molecule has 0 radical (unpaired) electrons. The van der Waals surface area contributed by atoms with Crippen molar-refractivity contribution in [2.75, 3.05) is 6.61 Å². The van der Waals surface area contributed by atoms with E-state index in [9.17, 15) is 14.0 Å². The Morgan fingerprint density at radius 2 is 1.65 bits per heavy atom. The van der Waals surface area contributed by atoms with Gasteiger partial charge >= 0.3 is 0 Å². The number of benzene rings is 3. The Morgan fingerprint density at radius 3 is 2.30 bits per heavy atom. The van der Waals surface area contributed by atoms with E-state index in [0.29, 0.717) is 12.2 Å². The van der Waals surface area contributed by atoms with Gasteiger partial charge in [-0.2, -0.15) is 0 Å². The molecular formula is C31H37FN2O3. The number of nitrogens with one attached hydrogen (secondary N) is 1. The fourth-order valence-corrected chi connectivity index (χ4v) is 4.15. The predicted molar refractivity (Wildman–Crippen MR) is 145 cm³/mol. The molecule has 0 aromatic heterocycles. The first kappa shape index (κ1) is 27.9. The number of halogens is 1. The lowest BCUT2D eigenvalue weighted by atomic mass is 10.0. The van der Waals surface area contributed by atoms with Gasteiger partial charge in [-0.3, -0.25) is 9.59 Å². The molecule has 37 heavy (non-hydrogen) atoms. The molecule has 196 valence electrons. The molecule has 0 heterocycles. The molecule has 0 saturated heterocycles. The minimum atomic E-state index is -0.766. The summed E-state index contributed by atoms with van der Waals surface area (Å²) < 4.78 is 19.6. The second-order valence-corrected chi connectivity index (χ2v) is 9.67. The number of amides is 2. The van der Waals surface area contributed by atoms with Crippen LogP contribution in [0.5, 0.6) is 5.75 Å². The maximum Gasteiger partial charge on any atom is 0.261 e. The van der Waals surface area contributed by atoms with E-state index < -0.39 is 6.04 Å². The van der Waals surface area contributed by atoms with Gasteiger partial charge in [0.2, 0.25) is 5.91 Å². The summed E-state index contributed by atoms with van der Waals surface area (Å²) in [6.45, 7) is 9.83. The Balaban J connectivity index is 1.94. The summed E-state index contributed by atoms with van der Waals surface area (Å²) in [5, 5.41) is 3.04. The van der Waals surface area contributed by atoms with Crippen molar-refractivity contribution in [1.29, 1.82) is 0 Å². The Hall–Kier alpha value is -3.67. The Bertz CT molecular complexity index is 1200. The number of aryl methyl sites for hydroxylation is 2. The second kappa shape index (κ2) is 13.0. The third kappa shape index (κ3) is 7.91. The van der Waals surface area contributed by atoms with Crippen LogP contribution in [0.3, 0.4) is 0 Å². The van der Waals surface area contributed by atoms with E-state index in [1.165, 1.54) is 12.1 Å². The molecular weight excluding hydrogens is 467 g/mol. The first-order valence-electron chi connectivity index (χ1n) is 12.8. The van der Waals surface area contributed by atoms with Gasteiger partial charge in [0, 0.05) is 19.0 Å². The summed E-state index contributed by atoms with van der Waals surface area (Å²) in [6.07, 6.45) is 1.11. The van der Waals surface area contributed by atoms with E-state index >= 15 is 0 Å². The molecule has 0 fully saturated rings. The minimum Gasteiger partial charge on any atom is -0.483 e. The molecule has 0 unspecified atom stereocenters. The quantitative estimate of drug-likeness (QED) is 0.365. The topological polar surface area (TPSA) is 58.6 Å². The smallest absolute Gasteiger partial charge is 0.261 e. The van der Waals surface area contributed by atoms with E-state index in [4.69, 9.17) is 4.74 Å². The van der Waals surface area contributed by atoms with Gasteiger partial charge < -0.3 is 15.0 Å². The third-order valence-electron chi connectivity index (χ3n) is 6.65. The summed E-state index contributed by atoms with van der Waals surface area (Å²) in [5.74, 6) is -0.249. The Labute approximate surface area is 219 Å². The minimum absolute atomic E-state index is 0.0392. The normalized spacial score (nSPS) is 12.5. The second-order valence-electron chi connectivity index (χ2n) is 9.67. The molecule has 3 rings (SSSR count). The third-order valence-corrected chi connectivity index (χ3v) is 6.65. The highest BCUT2D eigenvalue weighted by atomic mass is 19.1. The van der Waals surface area contributed by atoms with Gasteiger partial charge in [0.1, 0.15) is 17.6 Å². The van der Waals surface area contributed by atoms with Gasteiger partial charge in [0.15, 0.2) is 6.61 Å². The van der Waals surface area contributed by atoms with Gasteiger partial charge in [-0.15, -0.1) is 0 Å². The van der Waals surface area contributed by atoms with Crippen LogP contribution in [0.1, 0.15) is 48.1 Å². The summed E-state index contributed by atoms with van der Waals surface area (Å²) >= 11 is 0. The molecule has 0 spiro atoms. The molecule has 0 aliphatic carbocycles. The molecule has 0 bridgehead atoms. The highest BCUT2D eigenvalue weighted by Crippen LogP contribution is 2.24. The van der Waals surface area contributed by atoms with Crippen LogP contribution >= 0.6 is 0 Å². The van der Waals surface area contributed by atoms with E-state index in [1.54, 1.807) is 17.0 Å². The van der Waals surface area contributed by atoms with Crippen molar-refractivity contribution < 1.29 is 18.7 Å². The fraction of sp³-hybridized carbons (Fsp3) is 0.355. The van der Waals surface area contributed by atoms with E-state index in [-0.39, 0.29) is 36.8 Å². The van der Waals surface area contributed by atoms with Gasteiger partial charge in [-0.1, -0.05) is 55.5 Å². The van der Waals surface area contributed by atoms with E-state index in [0.717, 1.165) is 34.2 Å². The molecule has 0 aliphatic heterocycles.